The maximum Gasteiger partial charge on any atom is 0.0638 e. The smallest absolute Gasteiger partial charge is 0.0638 e. The summed E-state index contributed by atoms with van der Waals surface area (Å²) < 4.78 is 5.27. The molecular formula is C13H22N2O. The summed E-state index contributed by atoms with van der Waals surface area (Å²) in [4.78, 5) is 0. The molecule has 0 heterocycles. The van der Waals surface area contributed by atoms with Crippen LogP contribution < -0.4 is 11.1 Å². The fourth-order valence-corrected chi connectivity index (χ4v) is 1.61. The highest BCUT2D eigenvalue weighted by atomic mass is 16.5. The summed E-state index contributed by atoms with van der Waals surface area (Å²) in [6.07, 6.45) is 2.15. The second kappa shape index (κ2) is 7.12. The molecule has 0 atom stereocenters. The Bertz CT molecular complexity index is 313. The molecule has 3 nitrogen and oxygen atoms in total. The lowest BCUT2D eigenvalue weighted by Crippen LogP contribution is -2.09. The molecule has 0 aliphatic rings. The molecule has 0 radical (unpaired) electrons. The number of hydrogen-bond acceptors (Lipinski definition) is 3. The number of aryl methyl sites for hydroxylation is 1. The van der Waals surface area contributed by atoms with Gasteiger partial charge < -0.3 is 15.8 Å². The quantitative estimate of drug-likeness (QED) is 0.551. The van der Waals surface area contributed by atoms with Gasteiger partial charge in [0.15, 0.2) is 0 Å². The number of nitrogens with two attached hydrogens (primary N) is 1. The van der Waals surface area contributed by atoms with Crippen molar-refractivity contribution in [3.05, 3.63) is 23.8 Å². The van der Waals surface area contributed by atoms with Gasteiger partial charge in [-0.2, -0.15) is 0 Å². The van der Waals surface area contributed by atoms with Crippen LogP contribution in [0.1, 0.15) is 25.8 Å². The third-order valence-electron chi connectivity index (χ3n) is 2.44. The molecule has 1 rings (SSSR count). The summed E-state index contributed by atoms with van der Waals surface area (Å²) in [6.45, 7) is 6.51. The van der Waals surface area contributed by atoms with Gasteiger partial charge in [0.2, 0.25) is 0 Å². The van der Waals surface area contributed by atoms with Gasteiger partial charge in [-0.25, -0.2) is 0 Å². The Labute approximate surface area is 98.0 Å². The summed E-state index contributed by atoms with van der Waals surface area (Å²) in [6, 6.07) is 6.11. The molecule has 90 valence electrons. The molecule has 16 heavy (non-hydrogen) atoms. The monoisotopic (exact) mass is 222 g/mol. The lowest BCUT2D eigenvalue weighted by Gasteiger charge is -2.10. The van der Waals surface area contributed by atoms with Gasteiger partial charge in [0.05, 0.1) is 6.61 Å². The molecule has 0 saturated carbocycles. The van der Waals surface area contributed by atoms with Crippen LogP contribution in [0.4, 0.5) is 11.4 Å². The van der Waals surface area contributed by atoms with Crippen molar-refractivity contribution >= 4 is 11.4 Å². The SMILES string of the molecule is CCCc1cc(NCCOCC)ccc1N. The van der Waals surface area contributed by atoms with Crippen LogP contribution in [0, 0.1) is 0 Å². The van der Waals surface area contributed by atoms with E-state index in [1.807, 2.05) is 19.1 Å². The summed E-state index contributed by atoms with van der Waals surface area (Å²) in [5, 5.41) is 3.32. The Morgan fingerprint density at radius 1 is 1.31 bits per heavy atom. The summed E-state index contributed by atoms with van der Waals surface area (Å²) >= 11 is 0. The van der Waals surface area contributed by atoms with Crippen molar-refractivity contribution in [2.45, 2.75) is 26.7 Å². The number of ether oxygens (including phenoxy) is 1. The summed E-state index contributed by atoms with van der Waals surface area (Å²) in [5.74, 6) is 0. The van der Waals surface area contributed by atoms with E-state index in [-0.39, 0.29) is 0 Å². The van der Waals surface area contributed by atoms with E-state index in [0.717, 1.165) is 44.0 Å². The highest BCUT2D eigenvalue weighted by Gasteiger charge is 1.99. The number of benzene rings is 1. The maximum absolute atomic E-state index is 5.90. The van der Waals surface area contributed by atoms with Gasteiger partial charge in [-0.05, 0) is 37.1 Å². The van der Waals surface area contributed by atoms with E-state index in [2.05, 4.69) is 18.3 Å². The summed E-state index contributed by atoms with van der Waals surface area (Å²) in [5.41, 5.74) is 9.13. The van der Waals surface area contributed by atoms with Crippen LogP contribution in [-0.4, -0.2) is 19.8 Å². The Morgan fingerprint density at radius 3 is 2.81 bits per heavy atom. The van der Waals surface area contributed by atoms with E-state index in [9.17, 15) is 0 Å². The van der Waals surface area contributed by atoms with Crippen LogP contribution in [0.15, 0.2) is 18.2 Å². The van der Waals surface area contributed by atoms with Crippen molar-refractivity contribution in [3.63, 3.8) is 0 Å². The number of rotatable bonds is 7. The number of nitrogens with one attached hydrogen (secondary N) is 1. The fourth-order valence-electron chi connectivity index (χ4n) is 1.61. The van der Waals surface area contributed by atoms with Crippen molar-refractivity contribution in [1.29, 1.82) is 0 Å². The minimum atomic E-state index is 0.740. The minimum absolute atomic E-state index is 0.740. The number of hydrogen-bond donors (Lipinski definition) is 2. The maximum atomic E-state index is 5.90. The van der Waals surface area contributed by atoms with E-state index < -0.39 is 0 Å². The van der Waals surface area contributed by atoms with Gasteiger partial charge in [-0.1, -0.05) is 13.3 Å². The van der Waals surface area contributed by atoms with E-state index in [1.54, 1.807) is 0 Å². The van der Waals surface area contributed by atoms with Crippen molar-refractivity contribution in [1.82, 2.24) is 0 Å². The van der Waals surface area contributed by atoms with Crippen molar-refractivity contribution < 1.29 is 4.74 Å². The van der Waals surface area contributed by atoms with Gasteiger partial charge >= 0.3 is 0 Å². The third-order valence-corrected chi connectivity index (χ3v) is 2.44. The zero-order valence-corrected chi connectivity index (χ0v) is 10.3. The van der Waals surface area contributed by atoms with E-state index in [0.29, 0.717) is 0 Å². The average Bonchev–Trinajstić information content (AvgIpc) is 2.29. The standard InChI is InChI=1S/C13H22N2O/c1-3-5-11-10-12(6-7-13(11)14)15-8-9-16-4-2/h6-7,10,15H,3-5,8-9,14H2,1-2H3. The zero-order valence-electron chi connectivity index (χ0n) is 10.3. The molecule has 0 unspecified atom stereocenters. The lowest BCUT2D eigenvalue weighted by atomic mass is 10.1. The predicted octanol–water partition coefficient (Wildman–Crippen LogP) is 2.67. The Morgan fingerprint density at radius 2 is 2.12 bits per heavy atom. The second-order valence-corrected chi connectivity index (χ2v) is 3.79. The molecule has 1 aromatic rings. The van der Waals surface area contributed by atoms with Crippen LogP contribution in [0.2, 0.25) is 0 Å². The molecule has 0 aromatic heterocycles. The molecule has 3 heteroatoms. The normalized spacial score (nSPS) is 10.4. The zero-order chi connectivity index (χ0) is 11.8. The first-order valence-corrected chi connectivity index (χ1v) is 5.98. The second-order valence-electron chi connectivity index (χ2n) is 3.79. The van der Waals surface area contributed by atoms with E-state index in [1.165, 1.54) is 5.56 Å². The highest BCUT2D eigenvalue weighted by Crippen LogP contribution is 2.19. The van der Waals surface area contributed by atoms with Crippen LogP contribution in [0.5, 0.6) is 0 Å². The van der Waals surface area contributed by atoms with E-state index >= 15 is 0 Å². The topological polar surface area (TPSA) is 47.3 Å². The van der Waals surface area contributed by atoms with Crippen LogP contribution in [0.25, 0.3) is 0 Å². The first-order valence-electron chi connectivity index (χ1n) is 5.98. The molecule has 0 bridgehead atoms. The lowest BCUT2D eigenvalue weighted by molar-refractivity contribution is 0.158. The molecule has 0 fully saturated rings. The number of nitrogen functional groups attached to an aromatic ring is 1. The fraction of sp³-hybridized carbons (Fsp3) is 0.538. The highest BCUT2D eigenvalue weighted by molar-refractivity contribution is 5.57. The number of anilines is 2. The predicted molar refractivity (Wildman–Crippen MR) is 69.8 cm³/mol. The van der Waals surface area contributed by atoms with Crippen LogP contribution >= 0.6 is 0 Å². The molecule has 1 aromatic carbocycles. The minimum Gasteiger partial charge on any atom is -0.399 e. The van der Waals surface area contributed by atoms with Crippen molar-refractivity contribution in [2.75, 3.05) is 30.8 Å². The molecule has 0 amide bonds. The van der Waals surface area contributed by atoms with Crippen molar-refractivity contribution in [3.8, 4) is 0 Å². The Balaban J connectivity index is 2.50. The van der Waals surface area contributed by atoms with Gasteiger partial charge in [0.25, 0.3) is 0 Å². The average molecular weight is 222 g/mol. The summed E-state index contributed by atoms with van der Waals surface area (Å²) in [7, 11) is 0. The van der Waals surface area contributed by atoms with Gasteiger partial charge in [-0.3, -0.25) is 0 Å². The van der Waals surface area contributed by atoms with E-state index in [4.69, 9.17) is 10.5 Å². The third kappa shape index (κ3) is 4.11. The molecule has 0 spiro atoms. The molecular weight excluding hydrogens is 200 g/mol. The van der Waals surface area contributed by atoms with Gasteiger partial charge in [-0.15, -0.1) is 0 Å². The van der Waals surface area contributed by atoms with Crippen LogP contribution in [-0.2, 0) is 11.2 Å². The molecule has 0 saturated heterocycles. The first kappa shape index (κ1) is 12.8. The Kier molecular flexibility index (Phi) is 5.72. The Hall–Kier alpha value is -1.22. The van der Waals surface area contributed by atoms with Crippen molar-refractivity contribution in [2.24, 2.45) is 0 Å². The molecule has 3 N–H and O–H groups in total. The van der Waals surface area contributed by atoms with Crippen LogP contribution in [0.3, 0.4) is 0 Å². The molecule has 0 aliphatic carbocycles. The largest absolute Gasteiger partial charge is 0.399 e. The van der Waals surface area contributed by atoms with Gasteiger partial charge in [0.1, 0.15) is 0 Å². The first-order chi connectivity index (χ1) is 7.77. The van der Waals surface area contributed by atoms with Gasteiger partial charge in [0, 0.05) is 24.5 Å². The molecule has 0 aliphatic heterocycles.